The van der Waals surface area contributed by atoms with Crippen LogP contribution in [0.3, 0.4) is 0 Å². The molecule has 2 aliphatic heterocycles. The zero-order valence-corrected chi connectivity index (χ0v) is 12.6. The van der Waals surface area contributed by atoms with Crippen molar-refractivity contribution >= 4 is 5.91 Å². The summed E-state index contributed by atoms with van der Waals surface area (Å²) in [6.45, 7) is 3.47. The van der Waals surface area contributed by atoms with Crippen molar-refractivity contribution in [3.63, 3.8) is 0 Å². The van der Waals surface area contributed by atoms with Crippen LogP contribution in [-0.2, 0) is 11.3 Å². The molecule has 0 radical (unpaired) electrons. The first-order chi connectivity index (χ1) is 10.1. The van der Waals surface area contributed by atoms with Crippen molar-refractivity contribution in [1.29, 1.82) is 0 Å². The van der Waals surface area contributed by atoms with Gasteiger partial charge in [-0.15, -0.1) is 0 Å². The van der Waals surface area contributed by atoms with E-state index in [0.29, 0.717) is 6.54 Å². The molecule has 4 nitrogen and oxygen atoms in total. The number of aliphatic hydroxyl groups is 1. The Bertz CT molecular complexity index is 557. The van der Waals surface area contributed by atoms with Crippen LogP contribution in [0.2, 0.25) is 0 Å². The number of benzene rings is 1. The lowest BCUT2D eigenvalue weighted by Gasteiger charge is -2.41. The number of fused-ring (bicyclic) bond motifs is 1. The summed E-state index contributed by atoms with van der Waals surface area (Å²) in [6.07, 6.45) is 3.98. The van der Waals surface area contributed by atoms with Gasteiger partial charge in [0.25, 0.3) is 0 Å². The Morgan fingerprint density at radius 1 is 1.33 bits per heavy atom. The summed E-state index contributed by atoms with van der Waals surface area (Å²) in [5.41, 5.74) is 0.577. The third-order valence-electron chi connectivity index (χ3n) is 5.06. The molecule has 2 aliphatic rings. The molecule has 1 aromatic carbocycles. The van der Waals surface area contributed by atoms with Gasteiger partial charge in [-0.1, -0.05) is 36.4 Å². The fourth-order valence-electron chi connectivity index (χ4n) is 3.65. The molecule has 4 heteroatoms. The van der Waals surface area contributed by atoms with Crippen molar-refractivity contribution in [2.45, 2.75) is 19.0 Å². The maximum Gasteiger partial charge on any atom is 0.247 e. The molecule has 1 saturated heterocycles. The monoisotopic (exact) mass is 286 g/mol. The topological polar surface area (TPSA) is 43.8 Å². The molecule has 0 saturated carbocycles. The molecule has 3 atom stereocenters. The van der Waals surface area contributed by atoms with E-state index < -0.39 is 5.54 Å². The predicted octanol–water partition coefficient (Wildman–Crippen LogP) is 1.47. The Hall–Kier alpha value is -1.65. The Kier molecular flexibility index (Phi) is 3.59. The Morgan fingerprint density at radius 2 is 2.05 bits per heavy atom. The number of carbonyl (C=O) groups excluding carboxylic acids is 1. The summed E-state index contributed by atoms with van der Waals surface area (Å²) >= 11 is 0. The van der Waals surface area contributed by atoms with Gasteiger partial charge in [0.05, 0.1) is 6.54 Å². The lowest BCUT2D eigenvalue weighted by atomic mass is 9.78. The minimum Gasteiger partial charge on any atom is -0.396 e. The minimum absolute atomic E-state index is 0.0898. The van der Waals surface area contributed by atoms with Gasteiger partial charge >= 0.3 is 0 Å². The average Bonchev–Trinajstić information content (AvgIpc) is 2.76. The van der Waals surface area contributed by atoms with Crippen LogP contribution in [0, 0.1) is 11.8 Å². The molecule has 1 aromatic rings. The number of nitrogens with zero attached hydrogens (tertiary/aromatic N) is 2. The van der Waals surface area contributed by atoms with Crippen molar-refractivity contribution in [3.8, 4) is 0 Å². The first-order valence-corrected chi connectivity index (χ1v) is 7.42. The lowest BCUT2D eigenvalue weighted by molar-refractivity contribution is -0.141. The maximum atomic E-state index is 13.0. The largest absolute Gasteiger partial charge is 0.396 e. The molecule has 2 heterocycles. The van der Waals surface area contributed by atoms with Gasteiger partial charge in [-0.05, 0) is 19.5 Å². The van der Waals surface area contributed by atoms with Gasteiger partial charge in [0, 0.05) is 31.2 Å². The molecule has 0 aliphatic carbocycles. The standard InChI is InChI=1S/C17H22N2O2/c1-17-15(14(12-20)11-18(17)2)8-9-19(16(17)21)10-13-6-4-3-5-7-13/h3-9,14-15,20H,10-12H2,1-2H3/t14-,15-,17+/m1/s1. The summed E-state index contributed by atoms with van der Waals surface area (Å²) in [7, 11) is 1.97. The van der Waals surface area contributed by atoms with Crippen LogP contribution in [0.4, 0.5) is 0 Å². The van der Waals surface area contributed by atoms with Crippen LogP contribution < -0.4 is 0 Å². The van der Waals surface area contributed by atoms with E-state index in [1.54, 1.807) is 4.90 Å². The minimum atomic E-state index is -0.545. The SMILES string of the molecule is CN1C[C@H](CO)[C@H]2C=CN(Cc3ccccc3)C(=O)[C@]21C. The number of likely N-dealkylation sites (N-methyl/N-ethyl adjacent to an activating group) is 1. The highest BCUT2D eigenvalue weighted by Crippen LogP contribution is 2.42. The first-order valence-electron chi connectivity index (χ1n) is 7.42. The van der Waals surface area contributed by atoms with Gasteiger partial charge in [0.15, 0.2) is 0 Å². The molecule has 1 fully saturated rings. The molecule has 0 unspecified atom stereocenters. The molecule has 0 aromatic heterocycles. The van der Waals surface area contributed by atoms with Gasteiger partial charge in [-0.2, -0.15) is 0 Å². The zero-order valence-electron chi connectivity index (χ0n) is 12.6. The van der Waals surface area contributed by atoms with Gasteiger partial charge in [0.1, 0.15) is 5.54 Å². The summed E-state index contributed by atoms with van der Waals surface area (Å²) in [5.74, 6) is 0.350. The quantitative estimate of drug-likeness (QED) is 0.915. The highest BCUT2D eigenvalue weighted by molar-refractivity contribution is 5.89. The summed E-state index contributed by atoms with van der Waals surface area (Å²) in [6, 6.07) is 10.0. The van der Waals surface area contributed by atoms with E-state index in [1.165, 1.54) is 0 Å². The van der Waals surface area contributed by atoms with E-state index in [4.69, 9.17) is 0 Å². The zero-order chi connectivity index (χ0) is 15.0. The molecular weight excluding hydrogens is 264 g/mol. The highest BCUT2D eigenvalue weighted by Gasteiger charge is 2.55. The molecule has 3 rings (SSSR count). The van der Waals surface area contributed by atoms with Crippen LogP contribution in [-0.4, -0.2) is 46.6 Å². The smallest absolute Gasteiger partial charge is 0.247 e. The molecular formula is C17H22N2O2. The number of amides is 1. The van der Waals surface area contributed by atoms with E-state index in [9.17, 15) is 9.90 Å². The number of likely N-dealkylation sites (tertiary alicyclic amines) is 1. The van der Waals surface area contributed by atoms with Crippen LogP contribution in [0.5, 0.6) is 0 Å². The molecule has 112 valence electrons. The van der Waals surface area contributed by atoms with Gasteiger partial charge in [-0.3, -0.25) is 9.69 Å². The Morgan fingerprint density at radius 3 is 2.71 bits per heavy atom. The second-order valence-electron chi connectivity index (χ2n) is 6.26. The number of rotatable bonds is 3. The number of carbonyl (C=O) groups is 1. The van der Waals surface area contributed by atoms with Crippen LogP contribution >= 0.6 is 0 Å². The molecule has 1 amide bonds. The summed E-state index contributed by atoms with van der Waals surface area (Å²) in [5, 5.41) is 9.54. The van der Waals surface area contributed by atoms with Crippen molar-refractivity contribution in [3.05, 3.63) is 48.2 Å². The summed E-state index contributed by atoms with van der Waals surface area (Å²) in [4.78, 5) is 16.8. The van der Waals surface area contributed by atoms with E-state index >= 15 is 0 Å². The van der Waals surface area contributed by atoms with Gasteiger partial charge in [-0.25, -0.2) is 0 Å². The van der Waals surface area contributed by atoms with Gasteiger partial charge < -0.3 is 10.0 Å². The number of hydrogen-bond acceptors (Lipinski definition) is 3. The van der Waals surface area contributed by atoms with Crippen molar-refractivity contribution in [1.82, 2.24) is 9.80 Å². The average molecular weight is 286 g/mol. The second-order valence-corrected chi connectivity index (χ2v) is 6.26. The number of hydrogen-bond donors (Lipinski definition) is 1. The van der Waals surface area contributed by atoms with Crippen LogP contribution in [0.15, 0.2) is 42.6 Å². The summed E-state index contributed by atoms with van der Waals surface area (Å²) < 4.78 is 0. The van der Waals surface area contributed by atoms with E-state index in [2.05, 4.69) is 11.0 Å². The molecule has 21 heavy (non-hydrogen) atoms. The molecule has 1 N–H and O–H groups in total. The van der Waals surface area contributed by atoms with Gasteiger partial charge in [0.2, 0.25) is 5.91 Å². The van der Waals surface area contributed by atoms with E-state index in [-0.39, 0.29) is 24.3 Å². The predicted molar refractivity (Wildman–Crippen MR) is 81.2 cm³/mol. The fraction of sp³-hybridized carbons (Fsp3) is 0.471. The first kappa shape index (κ1) is 14.3. The molecule has 0 spiro atoms. The number of aliphatic hydroxyl groups excluding tert-OH is 1. The van der Waals surface area contributed by atoms with E-state index in [0.717, 1.165) is 12.1 Å². The Labute approximate surface area is 125 Å². The third-order valence-corrected chi connectivity index (χ3v) is 5.06. The lowest BCUT2D eigenvalue weighted by Crippen LogP contribution is -2.57. The van der Waals surface area contributed by atoms with E-state index in [1.807, 2.05) is 50.5 Å². The Balaban J connectivity index is 1.87. The van der Waals surface area contributed by atoms with Crippen molar-refractivity contribution < 1.29 is 9.90 Å². The van der Waals surface area contributed by atoms with Crippen molar-refractivity contribution in [2.75, 3.05) is 20.2 Å². The fourth-order valence-corrected chi connectivity index (χ4v) is 3.65. The normalized spacial score (nSPS) is 32.5. The van der Waals surface area contributed by atoms with Crippen LogP contribution in [0.25, 0.3) is 0 Å². The van der Waals surface area contributed by atoms with Crippen molar-refractivity contribution in [2.24, 2.45) is 11.8 Å². The van der Waals surface area contributed by atoms with Crippen LogP contribution in [0.1, 0.15) is 12.5 Å². The second kappa shape index (κ2) is 5.28. The molecule has 0 bridgehead atoms. The third kappa shape index (κ3) is 2.19. The maximum absolute atomic E-state index is 13.0. The highest BCUT2D eigenvalue weighted by atomic mass is 16.3.